The molecule has 2 aliphatic rings. The Morgan fingerprint density at radius 3 is 2.61 bits per heavy atom. The van der Waals surface area contributed by atoms with Crippen LogP contribution in [0.5, 0.6) is 0 Å². The van der Waals surface area contributed by atoms with Crippen molar-refractivity contribution < 1.29 is 4.79 Å². The number of hydrogen-bond acceptors (Lipinski definition) is 4. The molecule has 4 N–H and O–H groups in total. The molecular weight excluding hydrogens is 312 g/mol. The van der Waals surface area contributed by atoms with Crippen LogP contribution >= 0.6 is 11.6 Å². The number of benzene rings is 2. The van der Waals surface area contributed by atoms with Crippen molar-refractivity contribution in [1.29, 1.82) is 0 Å². The molecule has 0 saturated carbocycles. The van der Waals surface area contributed by atoms with Gasteiger partial charge in [-0.25, -0.2) is 5.43 Å². The first kappa shape index (κ1) is 14.5. The zero-order valence-electron chi connectivity index (χ0n) is 12.3. The van der Waals surface area contributed by atoms with Crippen LogP contribution in [0.25, 0.3) is 0 Å². The van der Waals surface area contributed by atoms with Gasteiger partial charge in [0.25, 0.3) is 5.91 Å². The molecule has 1 amide bonds. The Labute approximate surface area is 139 Å². The SMILES string of the molecule is O=C1NC(C2CNNC2c2ccc(Cl)cc2)Nc2ccccc21. The molecular formula is C17H17ClN4O. The average molecular weight is 329 g/mol. The highest BCUT2D eigenvalue weighted by Crippen LogP contribution is 2.31. The van der Waals surface area contributed by atoms with Crippen LogP contribution in [0.3, 0.4) is 0 Å². The fourth-order valence-electron chi connectivity index (χ4n) is 3.27. The van der Waals surface area contributed by atoms with Crippen molar-refractivity contribution in [3.8, 4) is 0 Å². The van der Waals surface area contributed by atoms with E-state index >= 15 is 0 Å². The second-order valence-electron chi connectivity index (χ2n) is 5.86. The minimum absolute atomic E-state index is 0.0360. The lowest BCUT2D eigenvalue weighted by Gasteiger charge is -2.34. The van der Waals surface area contributed by atoms with Crippen LogP contribution in [-0.4, -0.2) is 18.6 Å². The fourth-order valence-corrected chi connectivity index (χ4v) is 3.39. The molecule has 4 rings (SSSR count). The van der Waals surface area contributed by atoms with Crippen LogP contribution in [0, 0.1) is 5.92 Å². The summed E-state index contributed by atoms with van der Waals surface area (Å²) in [6, 6.07) is 15.5. The molecule has 2 aromatic carbocycles. The predicted octanol–water partition coefficient (Wildman–Crippen LogP) is 2.29. The maximum atomic E-state index is 12.3. The maximum Gasteiger partial charge on any atom is 0.254 e. The maximum absolute atomic E-state index is 12.3. The van der Waals surface area contributed by atoms with Crippen LogP contribution in [0.4, 0.5) is 5.69 Å². The van der Waals surface area contributed by atoms with Crippen LogP contribution in [-0.2, 0) is 0 Å². The van der Waals surface area contributed by atoms with Gasteiger partial charge in [0.15, 0.2) is 0 Å². The van der Waals surface area contributed by atoms with Gasteiger partial charge in [0.1, 0.15) is 6.17 Å². The van der Waals surface area contributed by atoms with E-state index in [0.717, 1.165) is 17.8 Å². The van der Waals surface area contributed by atoms with Crippen molar-refractivity contribution in [3.05, 3.63) is 64.7 Å². The molecule has 6 heteroatoms. The van der Waals surface area contributed by atoms with Gasteiger partial charge >= 0.3 is 0 Å². The summed E-state index contributed by atoms with van der Waals surface area (Å²) < 4.78 is 0. The largest absolute Gasteiger partial charge is 0.364 e. The third-order valence-electron chi connectivity index (χ3n) is 4.45. The Hall–Kier alpha value is -2.08. The second-order valence-corrected chi connectivity index (χ2v) is 6.30. The van der Waals surface area contributed by atoms with Gasteiger partial charge in [-0.15, -0.1) is 0 Å². The quantitative estimate of drug-likeness (QED) is 0.683. The summed E-state index contributed by atoms with van der Waals surface area (Å²) in [6.45, 7) is 0.757. The Bertz CT molecular complexity index is 734. The number of hydrazine groups is 1. The molecule has 5 nitrogen and oxygen atoms in total. The summed E-state index contributed by atoms with van der Waals surface area (Å²) in [7, 11) is 0. The summed E-state index contributed by atoms with van der Waals surface area (Å²) in [4.78, 5) is 12.3. The fraction of sp³-hybridized carbons (Fsp3) is 0.235. The highest BCUT2D eigenvalue weighted by Gasteiger charge is 2.38. The summed E-state index contributed by atoms with van der Waals surface area (Å²) in [5.41, 5.74) is 9.19. The van der Waals surface area contributed by atoms with Crippen molar-refractivity contribution in [2.45, 2.75) is 12.2 Å². The standard InChI is InChI=1S/C17H17ClN4O/c18-11-7-5-10(6-8-11)15-13(9-19-22-15)16-20-14-4-2-1-3-12(14)17(23)21-16/h1-8,13,15-16,19-20,22H,9H2,(H,21,23). The lowest BCUT2D eigenvalue weighted by atomic mass is 9.91. The Balaban J connectivity index is 1.60. The summed E-state index contributed by atoms with van der Waals surface area (Å²) in [5.74, 6) is 0.139. The van der Waals surface area contributed by atoms with Crippen molar-refractivity contribution in [2.75, 3.05) is 11.9 Å². The number of anilines is 1. The lowest BCUT2D eigenvalue weighted by Crippen LogP contribution is -2.51. The first-order valence-corrected chi connectivity index (χ1v) is 8.00. The molecule has 0 aliphatic carbocycles. The zero-order valence-corrected chi connectivity index (χ0v) is 13.1. The summed E-state index contributed by atoms with van der Waals surface area (Å²) in [5, 5.41) is 7.23. The lowest BCUT2D eigenvalue weighted by molar-refractivity contribution is 0.0921. The van der Waals surface area contributed by atoms with Crippen LogP contribution < -0.4 is 21.5 Å². The minimum Gasteiger partial charge on any atom is -0.364 e. The van der Waals surface area contributed by atoms with Crippen LogP contribution in [0.15, 0.2) is 48.5 Å². The molecule has 1 fully saturated rings. The van der Waals surface area contributed by atoms with Crippen molar-refractivity contribution >= 4 is 23.2 Å². The molecule has 2 heterocycles. The molecule has 23 heavy (non-hydrogen) atoms. The normalized spacial score (nSPS) is 26.3. The molecule has 0 aromatic heterocycles. The number of fused-ring (bicyclic) bond motifs is 1. The number of carbonyl (C=O) groups excluding carboxylic acids is 1. The molecule has 1 saturated heterocycles. The van der Waals surface area contributed by atoms with E-state index in [2.05, 4.69) is 21.5 Å². The van der Waals surface area contributed by atoms with Crippen molar-refractivity contribution in [3.63, 3.8) is 0 Å². The first-order valence-electron chi connectivity index (χ1n) is 7.62. The van der Waals surface area contributed by atoms with E-state index in [1.807, 2.05) is 48.5 Å². The van der Waals surface area contributed by atoms with Crippen molar-refractivity contribution in [1.82, 2.24) is 16.2 Å². The number of halogens is 1. The van der Waals surface area contributed by atoms with E-state index in [4.69, 9.17) is 11.6 Å². The predicted molar refractivity (Wildman–Crippen MR) is 90.1 cm³/mol. The topological polar surface area (TPSA) is 65.2 Å². The van der Waals surface area contributed by atoms with Crippen LogP contribution in [0.1, 0.15) is 22.0 Å². The summed E-state index contributed by atoms with van der Waals surface area (Å²) in [6.07, 6.45) is -0.138. The van der Waals surface area contributed by atoms with Gasteiger partial charge in [-0.05, 0) is 29.8 Å². The second kappa shape index (κ2) is 5.85. The summed E-state index contributed by atoms with van der Waals surface area (Å²) >= 11 is 5.97. The van der Waals surface area contributed by atoms with Crippen molar-refractivity contribution in [2.24, 2.45) is 5.92 Å². The Morgan fingerprint density at radius 1 is 1.00 bits per heavy atom. The number of hydrogen-bond donors (Lipinski definition) is 4. The Kier molecular flexibility index (Phi) is 3.69. The molecule has 0 bridgehead atoms. The monoisotopic (exact) mass is 328 g/mol. The van der Waals surface area contributed by atoms with E-state index in [9.17, 15) is 4.79 Å². The highest BCUT2D eigenvalue weighted by molar-refractivity contribution is 6.30. The van der Waals surface area contributed by atoms with E-state index in [1.165, 1.54) is 0 Å². The van der Waals surface area contributed by atoms with E-state index in [0.29, 0.717) is 10.6 Å². The smallest absolute Gasteiger partial charge is 0.254 e. The number of carbonyl (C=O) groups is 1. The van der Waals surface area contributed by atoms with Gasteiger partial charge in [0, 0.05) is 23.2 Å². The number of para-hydroxylation sites is 1. The molecule has 3 unspecified atom stereocenters. The third-order valence-corrected chi connectivity index (χ3v) is 4.70. The van der Waals surface area contributed by atoms with Gasteiger partial charge in [-0.3, -0.25) is 10.2 Å². The van der Waals surface area contributed by atoms with Crippen LogP contribution in [0.2, 0.25) is 5.02 Å². The molecule has 2 aliphatic heterocycles. The number of amides is 1. The highest BCUT2D eigenvalue weighted by atomic mass is 35.5. The molecule has 3 atom stereocenters. The van der Waals surface area contributed by atoms with E-state index in [-0.39, 0.29) is 24.0 Å². The average Bonchev–Trinajstić information content (AvgIpc) is 3.05. The molecule has 0 spiro atoms. The third kappa shape index (κ3) is 2.67. The number of rotatable bonds is 2. The number of nitrogens with one attached hydrogen (secondary N) is 4. The molecule has 118 valence electrons. The molecule has 0 radical (unpaired) electrons. The van der Waals surface area contributed by atoms with Gasteiger partial charge in [0.2, 0.25) is 0 Å². The zero-order chi connectivity index (χ0) is 15.8. The van der Waals surface area contributed by atoms with E-state index in [1.54, 1.807) is 0 Å². The molecule has 2 aromatic rings. The van der Waals surface area contributed by atoms with E-state index < -0.39 is 0 Å². The van der Waals surface area contributed by atoms with Gasteiger partial charge in [0.05, 0.1) is 11.6 Å². The van der Waals surface area contributed by atoms with Gasteiger partial charge < -0.3 is 10.6 Å². The Morgan fingerprint density at radius 2 is 1.78 bits per heavy atom. The van der Waals surface area contributed by atoms with Gasteiger partial charge in [-0.2, -0.15) is 0 Å². The first-order chi connectivity index (χ1) is 11.2. The minimum atomic E-state index is -0.138. The van der Waals surface area contributed by atoms with Gasteiger partial charge in [-0.1, -0.05) is 35.9 Å².